The van der Waals surface area contributed by atoms with E-state index in [2.05, 4.69) is 20.9 Å². The predicted octanol–water partition coefficient (Wildman–Crippen LogP) is 1.32. The van der Waals surface area contributed by atoms with Crippen molar-refractivity contribution in [3.63, 3.8) is 0 Å². The summed E-state index contributed by atoms with van der Waals surface area (Å²) in [6.07, 6.45) is -0.608. The van der Waals surface area contributed by atoms with Crippen LogP contribution in [0.1, 0.15) is 11.7 Å². The third kappa shape index (κ3) is 1.99. The number of fused-ring (bicyclic) bond motifs is 1. The molecule has 0 fully saturated rings. The molecular weight excluding hydrogens is 274 g/mol. The number of benzene rings is 1. The van der Waals surface area contributed by atoms with Crippen molar-refractivity contribution in [3.8, 4) is 0 Å². The van der Waals surface area contributed by atoms with Crippen LogP contribution in [0.15, 0.2) is 28.9 Å². The zero-order valence-electron chi connectivity index (χ0n) is 8.39. The van der Waals surface area contributed by atoms with Gasteiger partial charge >= 0.3 is 0 Å². The molecule has 2 unspecified atom stereocenters. The molecule has 4 N–H and O–H groups in total. The number of rotatable bonds is 3. The highest BCUT2D eigenvalue weighted by Gasteiger charge is 2.20. The van der Waals surface area contributed by atoms with E-state index in [1.54, 1.807) is 6.20 Å². The third-order valence-corrected chi connectivity index (χ3v) is 3.04. The second kappa shape index (κ2) is 4.55. The van der Waals surface area contributed by atoms with Crippen LogP contribution in [0.3, 0.4) is 0 Å². The monoisotopic (exact) mass is 285 g/mol. The first-order chi connectivity index (χ1) is 7.63. The van der Waals surface area contributed by atoms with E-state index >= 15 is 0 Å². The van der Waals surface area contributed by atoms with E-state index in [1.165, 1.54) is 0 Å². The van der Waals surface area contributed by atoms with Crippen LogP contribution in [0, 0.1) is 0 Å². The number of hydrogen-bond acceptors (Lipinski definition) is 3. The number of aliphatic hydroxyl groups excluding tert-OH is 3. The van der Waals surface area contributed by atoms with Gasteiger partial charge in [-0.2, -0.15) is 0 Å². The summed E-state index contributed by atoms with van der Waals surface area (Å²) in [4.78, 5) is 3.01. The Morgan fingerprint density at radius 1 is 1.31 bits per heavy atom. The van der Waals surface area contributed by atoms with Crippen molar-refractivity contribution in [1.29, 1.82) is 0 Å². The second-order valence-electron chi connectivity index (χ2n) is 3.63. The molecule has 0 aliphatic carbocycles. The topological polar surface area (TPSA) is 76.5 Å². The zero-order valence-corrected chi connectivity index (χ0v) is 9.98. The van der Waals surface area contributed by atoms with E-state index in [0.717, 1.165) is 15.4 Å². The van der Waals surface area contributed by atoms with E-state index in [-0.39, 0.29) is 0 Å². The Morgan fingerprint density at radius 3 is 2.75 bits per heavy atom. The van der Waals surface area contributed by atoms with Gasteiger partial charge in [0, 0.05) is 27.1 Å². The maximum absolute atomic E-state index is 9.80. The van der Waals surface area contributed by atoms with Gasteiger partial charge in [0.25, 0.3) is 0 Å². The summed E-state index contributed by atoms with van der Waals surface area (Å²) in [5.41, 5.74) is 1.46. The average molecular weight is 286 g/mol. The summed E-state index contributed by atoms with van der Waals surface area (Å²) in [6, 6.07) is 5.59. The van der Waals surface area contributed by atoms with Crippen molar-refractivity contribution >= 4 is 26.8 Å². The van der Waals surface area contributed by atoms with Crippen LogP contribution < -0.4 is 0 Å². The Balaban J connectivity index is 2.45. The molecule has 0 spiro atoms. The molecule has 4 nitrogen and oxygen atoms in total. The lowest BCUT2D eigenvalue weighted by atomic mass is 10.0. The Labute approximate surface area is 101 Å². The minimum Gasteiger partial charge on any atom is -0.394 e. The first-order valence-corrected chi connectivity index (χ1v) is 5.66. The second-order valence-corrected chi connectivity index (χ2v) is 4.54. The molecule has 1 aromatic carbocycles. The smallest absolute Gasteiger partial charge is 0.109 e. The number of nitrogens with one attached hydrogen (secondary N) is 1. The van der Waals surface area contributed by atoms with E-state index in [9.17, 15) is 10.2 Å². The number of aliphatic hydroxyl groups is 3. The molecule has 0 aliphatic rings. The van der Waals surface area contributed by atoms with Crippen LogP contribution in [0.2, 0.25) is 0 Å². The lowest BCUT2D eigenvalue weighted by Crippen LogP contribution is -2.21. The van der Waals surface area contributed by atoms with Crippen molar-refractivity contribution in [2.75, 3.05) is 6.61 Å². The molecule has 0 amide bonds. The van der Waals surface area contributed by atoms with Crippen molar-refractivity contribution in [2.24, 2.45) is 0 Å². The normalized spacial score (nSPS) is 15.2. The van der Waals surface area contributed by atoms with Gasteiger partial charge in [-0.1, -0.05) is 22.0 Å². The fraction of sp³-hybridized carbons (Fsp3) is 0.273. The largest absolute Gasteiger partial charge is 0.394 e. The van der Waals surface area contributed by atoms with Crippen LogP contribution in [-0.4, -0.2) is 33.0 Å². The number of aromatic amines is 1. The lowest BCUT2D eigenvalue weighted by Gasteiger charge is -2.14. The van der Waals surface area contributed by atoms with Gasteiger partial charge in [-0.15, -0.1) is 0 Å². The van der Waals surface area contributed by atoms with Crippen LogP contribution >= 0.6 is 15.9 Å². The van der Waals surface area contributed by atoms with Gasteiger partial charge in [0.05, 0.1) is 6.61 Å². The van der Waals surface area contributed by atoms with Gasteiger partial charge in [-0.05, 0) is 12.1 Å². The van der Waals surface area contributed by atoms with E-state index in [1.807, 2.05) is 18.2 Å². The van der Waals surface area contributed by atoms with Crippen molar-refractivity contribution < 1.29 is 15.3 Å². The minimum atomic E-state index is -1.16. The molecule has 1 aromatic heterocycles. The molecule has 1 heterocycles. The van der Waals surface area contributed by atoms with Gasteiger partial charge in [0.15, 0.2) is 0 Å². The predicted molar refractivity (Wildman–Crippen MR) is 64.1 cm³/mol. The van der Waals surface area contributed by atoms with Gasteiger partial charge < -0.3 is 20.3 Å². The summed E-state index contributed by atoms with van der Waals surface area (Å²) in [5.74, 6) is 0. The fourth-order valence-corrected chi connectivity index (χ4v) is 2.03. The SMILES string of the molecule is OCC(O)C(O)c1c[nH]c2cc(Br)ccc12. The highest BCUT2D eigenvalue weighted by molar-refractivity contribution is 9.10. The molecule has 2 atom stereocenters. The van der Waals surface area contributed by atoms with Gasteiger partial charge in [0.1, 0.15) is 12.2 Å². The summed E-state index contributed by atoms with van der Waals surface area (Å²) in [7, 11) is 0. The Bertz CT molecular complexity index is 497. The summed E-state index contributed by atoms with van der Waals surface area (Å²) in [5, 5.41) is 28.8. The first-order valence-electron chi connectivity index (χ1n) is 4.87. The highest BCUT2D eigenvalue weighted by atomic mass is 79.9. The van der Waals surface area contributed by atoms with Crippen molar-refractivity contribution in [2.45, 2.75) is 12.2 Å². The van der Waals surface area contributed by atoms with Crippen LogP contribution in [-0.2, 0) is 0 Å². The summed E-state index contributed by atoms with van der Waals surface area (Å²) >= 11 is 3.35. The Kier molecular flexibility index (Phi) is 3.30. The molecule has 0 aliphatic heterocycles. The van der Waals surface area contributed by atoms with Gasteiger partial charge in [-0.3, -0.25) is 0 Å². The van der Waals surface area contributed by atoms with E-state index in [0.29, 0.717) is 5.56 Å². The molecule has 0 bridgehead atoms. The molecule has 2 aromatic rings. The number of halogens is 1. The van der Waals surface area contributed by atoms with E-state index < -0.39 is 18.8 Å². The Morgan fingerprint density at radius 2 is 2.06 bits per heavy atom. The lowest BCUT2D eigenvalue weighted by molar-refractivity contribution is -0.0145. The molecule has 0 saturated heterocycles. The fourth-order valence-electron chi connectivity index (χ4n) is 1.67. The van der Waals surface area contributed by atoms with Crippen molar-refractivity contribution in [1.82, 2.24) is 4.98 Å². The molecule has 16 heavy (non-hydrogen) atoms. The highest BCUT2D eigenvalue weighted by Crippen LogP contribution is 2.28. The molecular formula is C11H12BrNO3. The average Bonchev–Trinajstić information content (AvgIpc) is 2.69. The van der Waals surface area contributed by atoms with Gasteiger partial charge in [0.2, 0.25) is 0 Å². The van der Waals surface area contributed by atoms with E-state index in [4.69, 9.17) is 5.11 Å². The first kappa shape index (κ1) is 11.6. The molecule has 0 saturated carbocycles. The molecule has 2 rings (SSSR count). The van der Waals surface area contributed by atoms with Crippen molar-refractivity contribution in [3.05, 3.63) is 34.4 Å². The quantitative estimate of drug-likeness (QED) is 0.687. The number of hydrogen-bond donors (Lipinski definition) is 4. The third-order valence-electron chi connectivity index (χ3n) is 2.55. The summed E-state index contributed by atoms with van der Waals surface area (Å²) < 4.78 is 0.936. The zero-order chi connectivity index (χ0) is 11.7. The number of H-pyrrole nitrogens is 1. The maximum atomic E-state index is 9.80. The Hall–Kier alpha value is -0.880. The maximum Gasteiger partial charge on any atom is 0.109 e. The van der Waals surface area contributed by atoms with Crippen LogP contribution in [0.4, 0.5) is 0 Å². The molecule has 5 heteroatoms. The minimum absolute atomic E-state index is 0.468. The summed E-state index contributed by atoms with van der Waals surface area (Å²) in [6.45, 7) is -0.468. The molecule has 0 radical (unpaired) electrons. The van der Waals surface area contributed by atoms with Crippen LogP contribution in [0.25, 0.3) is 10.9 Å². The molecule has 86 valence electrons. The standard InChI is InChI=1S/C11H12BrNO3/c12-6-1-2-7-8(4-13-9(7)3-6)11(16)10(15)5-14/h1-4,10-11,13-16H,5H2. The van der Waals surface area contributed by atoms with Crippen LogP contribution in [0.5, 0.6) is 0 Å². The van der Waals surface area contributed by atoms with Gasteiger partial charge in [-0.25, -0.2) is 0 Å². The number of aromatic nitrogens is 1.